The molecule has 8 nitrogen and oxygen atoms in total. The molecule has 1 aromatic carbocycles. The van der Waals surface area contributed by atoms with Gasteiger partial charge in [-0.3, -0.25) is 10.1 Å². The first-order valence-corrected chi connectivity index (χ1v) is 9.48. The van der Waals surface area contributed by atoms with E-state index in [9.17, 15) is 22.9 Å². The molecule has 0 aromatic heterocycles. The van der Waals surface area contributed by atoms with Crippen molar-refractivity contribution in [3.8, 4) is 5.75 Å². The van der Waals surface area contributed by atoms with Gasteiger partial charge in [-0.05, 0) is 37.9 Å². The predicted octanol–water partition coefficient (Wildman–Crippen LogP) is 2.17. The van der Waals surface area contributed by atoms with Gasteiger partial charge in [0.25, 0.3) is 0 Å². The van der Waals surface area contributed by atoms with Gasteiger partial charge >= 0.3 is 5.69 Å². The van der Waals surface area contributed by atoms with Gasteiger partial charge in [-0.15, -0.1) is 12.4 Å². The number of piperidine rings is 1. The Morgan fingerprint density at radius 2 is 2.00 bits per heavy atom. The molecule has 148 valence electrons. The zero-order valence-corrected chi connectivity index (χ0v) is 16.2. The van der Waals surface area contributed by atoms with E-state index in [1.54, 1.807) is 0 Å². The average Bonchev–Trinajstić information content (AvgIpc) is 2.59. The fraction of sp³-hybridized carbons (Fsp3) is 0.600. The summed E-state index contributed by atoms with van der Waals surface area (Å²) in [5.74, 6) is -1.26. The number of nitrogens with one attached hydrogen (secondary N) is 1. The largest absolute Gasteiger partial charge is 0.488 e. The van der Waals surface area contributed by atoms with Gasteiger partial charge in [0, 0.05) is 19.2 Å². The van der Waals surface area contributed by atoms with E-state index >= 15 is 0 Å². The van der Waals surface area contributed by atoms with Crippen LogP contribution in [-0.4, -0.2) is 50.9 Å². The second-order valence-corrected chi connectivity index (χ2v) is 7.81. The Bertz CT molecular complexity index is 739. The van der Waals surface area contributed by atoms with Gasteiger partial charge < -0.3 is 10.1 Å². The molecule has 0 unspecified atom stereocenters. The lowest BCUT2D eigenvalue weighted by Gasteiger charge is -2.31. The smallest absolute Gasteiger partial charge is 0.315 e. The molecule has 1 aromatic rings. The van der Waals surface area contributed by atoms with Gasteiger partial charge in [0.2, 0.25) is 15.8 Å². The lowest BCUT2D eigenvalue weighted by Crippen LogP contribution is -2.40. The number of nitro groups is 1. The van der Waals surface area contributed by atoms with Crippen molar-refractivity contribution >= 4 is 28.1 Å². The summed E-state index contributed by atoms with van der Waals surface area (Å²) in [5.41, 5.74) is -0.705. The molecule has 0 atom stereocenters. The van der Waals surface area contributed by atoms with Crippen LogP contribution in [-0.2, 0) is 10.0 Å². The molecule has 26 heavy (non-hydrogen) atoms. The van der Waals surface area contributed by atoms with Gasteiger partial charge in [-0.25, -0.2) is 12.8 Å². The molecule has 0 amide bonds. The van der Waals surface area contributed by atoms with Crippen LogP contribution in [0.1, 0.15) is 19.8 Å². The van der Waals surface area contributed by atoms with E-state index in [-0.39, 0.29) is 12.4 Å². The standard InChI is InChI=1S/C15H22FN3O5S.ClH/c1-3-17-10-11-4-6-18(7-5-11)25(22,23)12-8-13(16)15(24-2)14(9-12)19(20)21;/h8-9,11,17H,3-7,10H2,1-2H3;1H. The quantitative estimate of drug-likeness (QED) is 0.545. The van der Waals surface area contributed by atoms with Crippen molar-refractivity contribution in [3.05, 3.63) is 28.1 Å². The molecule has 0 spiro atoms. The first kappa shape index (κ1) is 22.6. The van der Waals surface area contributed by atoms with Crippen LogP contribution in [0.3, 0.4) is 0 Å². The van der Waals surface area contributed by atoms with Crippen LogP contribution in [0.25, 0.3) is 0 Å². The Morgan fingerprint density at radius 3 is 2.50 bits per heavy atom. The van der Waals surface area contributed by atoms with E-state index in [2.05, 4.69) is 10.1 Å². The Morgan fingerprint density at radius 1 is 1.38 bits per heavy atom. The maximum atomic E-state index is 14.0. The van der Waals surface area contributed by atoms with Gasteiger partial charge in [-0.1, -0.05) is 6.92 Å². The van der Waals surface area contributed by atoms with E-state index in [0.29, 0.717) is 31.8 Å². The van der Waals surface area contributed by atoms with Gasteiger partial charge in [0.15, 0.2) is 5.82 Å². The molecule has 11 heteroatoms. The van der Waals surface area contributed by atoms with E-state index < -0.39 is 37.1 Å². The molecular weight excluding hydrogens is 389 g/mol. The zero-order valence-electron chi connectivity index (χ0n) is 14.6. The van der Waals surface area contributed by atoms with Crippen LogP contribution in [0.15, 0.2) is 17.0 Å². The third-order valence-corrected chi connectivity index (χ3v) is 6.17. The van der Waals surface area contributed by atoms with E-state index in [1.807, 2.05) is 6.92 Å². The number of hydrogen-bond donors (Lipinski definition) is 1. The Balaban J connectivity index is 0.00000338. The summed E-state index contributed by atoms with van der Waals surface area (Å²) in [4.78, 5) is 9.79. The normalized spacial score (nSPS) is 16.1. The first-order chi connectivity index (χ1) is 11.8. The molecule has 1 aliphatic heterocycles. The summed E-state index contributed by atoms with van der Waals surface area (Å²) in [5, 5.41) is 14.3. The lowest BCUT2D eigenvalue weighted by molar-refractivity contribution is -0.386. The number of hydrogen-bond acceptors (Lipinski definition) is 6. The van der Waals surface area contributed by atoms with Crippen molar-refractivity contribution in [3.63, 3.8) is 0 Å². The number of halogens is 2. The zero-order chi connectivity index (χ0) is 18.6. The molecule has 0 saturated carbocycles. The highest BCUT2D eigenvalue weighted by atomic mass is 35.5. The average molecular weight is 412 g/mol. The SMILES string of the molecule is CCNCC1CCN(S(=O)(=O)c2cc(F)c(OC)c([N+](=O)[O-])c2)CC1.Cl. The van der Waals surface area contributed by atoms with Gasteiger partial charge in [0.05, 0.1) is 16.9 Å². The molecule has 1 heterocycles. The minimum atomic E-state index is -4.00. The van der Waals surface area contributed by atoms with Gasteiger partial charge in [0.1, 0.15) is 0 Å². The Kier molecular flexibility index (Phi) is 8.19. The summed E-state index contributed by atoms with van der Waals surface area (Å²) in [6, 6.07) is 1.62. The molecule has 0 aliphatic carbocycles. The van der Waals surface area contributed by atoms with Crippen LogP contribution >= 0.6 is 12.4 Å². The summed E-state index contributed by atoms with van der Waals surface area (Å²) in [6.07, 6.45) is 1.37. The summed E-state index contributed by atoms with van der Waals surface area (Å²) in [6.45, 7) is 4.30. The topological polar surface area (TPSA) is 102 Å². The van der Waals surface area contributed by atoms with E-state index in [0.717, 1.165) is 32.3 Å². The summed E-state index contributed by atoms with van der Waals surface area (Å²) in [7, 11) is -2.90. The minimum Gasteiger partial charge on any atom is -0.488 e. The van der Waals surface area contributed by atoms with Crippen LogP contribution in [0.5, 0.6) is 5.75 Å². The fourth-order valence-electron chi connectivity index (χ4n) is 2.89. The predicted molar refractivity (Wildman–Crippen MR) is 96.9 cm³/mol. The monoisotopic (exact) mass is 411 g/mol. The van der Waals surface area contributed by atoms with Crippen LogP contribution in [0.2, 0.25) is 0 Å². The number of nitrogens with zero attached hydrogens (tertiary/aromatic N) is 2. The van der Waals surface area contributed by atoms with Crippen molar-refractivity contribution in [1.29, 1.82) is 0 Å². The summed E-state index contributed by atoms with van der Waals surface area (Å²) >= 11 is 0. The Labute approximate surface area is 158 Å². The van der Waals surface area contributed by atoms with Crippen molar-refractivity contribution < 1.29 is 22.5 Å². The molecule has 0 radical (unpaired) electrons. The van der Waals surface area contributed by atoms with E-state index in [1.165, 1.54) is 4.31 Å². The molecule has 1 saturated heterocycles. The lowest BCUT2D eigenvalue weighted by atomic mass is 9.98. The number of sulfonamides is 1. The highest BCUT2D eigenvalue weighted by molar-refractivity contribution is 7.89. The van der Waals surface area contributed by atoms with Crippen molar-refractivity contribution in [2.45, 2.75) is 24.7 Å². The van der Waals surface area contributed by atoms with Crippen molar-refractivity contribution in [2.75, 3.05) is 33.3 Å². The highest BCUT2D eigenvalue weighted by Crippen LogP contribution is 2.34. The number of nitro benzene ring substituents is 1. The second-order valence-electron chi connectivity index (χ2n) is 5.87. The number of rotatable bonds is 7. The number of ether oxygens (including phenoxy) is 1. The Hall–Kier alpha value is -1.49. The fourth-order valence-corrected chi connectivity index (χ4v) is 4.40. The second kappa shape index (κ2) is 9.45. The van der Waals surface area contributed by atoms with Crippen molar-refractivity contribution in [1.82, 2.24) is 9.62 Å². The highest BCUT2D eigenvalue weighted by Gasteiger charge is 2.32. The number of methoxy groups -OCH3 is 1. The van der Waals surface area contributed by atoms with Crippen molar-refractivity contribution in [2.24, 2.45) is 5.92 Å². The van der Waals surface area contributed by atoms with E-state index in [4.69, 9.17) is 0 Å². The molecule has 1 fully saturated rings. The van der Waals surface area contributed by atoms with Crippen LogP contribution in [0.4, 0.5) is 10.1 Å². The molecule has 1 N–H and O–H groups in total. The van der Waals surface area contributed by atoms with Crippen LogP contribution in [0, 0.1) is 21.8 Å². The third-order valence-electron chi connectivity index (χ3n) is 4.29. The first-order valence-electron chi connectivity index (χ1n) is 8.04. The van der Waals surface area contributed by atoms with Gasteiger partial charge in [-0.2, -0.15) is 4.31 Å². The summed E-state index contributed by atoms with van der Waals surface area (Å²) < 4.78 is 45.4. The minimum absolute atomic E-state index is 0. The maximum Gasteiger partial charge on any atom is 0.315 e. The third kappa shape index (κ3) is 4.81. The molecule has 2 rings (SSSR count). The van der Waals surface area contributed by atoms with Crippen LogP contribution < -0.4 is 10.1 Å². The maximum absolute atomic E-state index is 14.0. The molecule has 1 aliphatic rings. The number of benzene rings is 1. The molecule has 0 bridgehead atoms. The molecular formula is C15H23ClFN3O5S.